The second-order valence-electron chi connectivity index (χ2n) is 5.83. The van der Waals surface area contributed by atoms with E-state index in [2.05, 4.69) is 11.8 Å². The zero-order chi connectivity index (χ0) is 14.3. The first-order chi connectivity index (χ1) is 9.89. The molecule has 0 saturated carbocycles. The van der Waals surface area contributed by atoms with Crippen LogP contribution in [0.4, 0.5) is 0 Å². The molecule has 0 radical (unpaired) electrons. The Morgan fingerprint density at radius 3 is 1.80 bits per heavy atom. The third-order valence-corrected chi connectivity index (χ3v) is 5.02. The molecule has 0 spiro atoms. The minimum atomic E-state index is 0.0125. The maximum Gasteiger partial charge on any atom is 0.305 e. The standard InChI is InChI=1S/C17H32O2S/c18-17-13-9-5-3-1-2-4-7-11-15-20-16-12-8-6-10-14-19-17/h1-16H2. The zero-order valence-corrected chi connectivity index (χ0v) is 13.9. The van der Waals surface area contributed by atoms with E-state index in [1.54, 1.807) is 0 Å². The third-order valence-electron chi connectivity index (χ3n) is 3.87. The van der Waals surface area contributed by atoms with Crippen LogP contribution in [0, 0.1) is 0 Å². The average Bonchev–Trinajstić information content (AvgIpc) is 2.45. The lowest BCUT2D eigenvalue weighted by Crippen LogP contribution is -2.05. The molecule has 0 amide bonds. The molecule has 1 saturated heterocycles. The van der Waals surface area contributed by atoms with Crippen molar-refractivity contribution < 1.29 is 9.53 Å². The number of esters is 1. The molecular formula is C17H32O2S. The maximum absolute atomic E-state index is 11.5. The van der Waals surface area contributed by atoms with Gasteiger partial charge in [-0.2, -0.15) is 11.8 Å². The summed E-state index contributed by atoms with van der Waals surface area (Å²) in [5.41, 5.74) is 0. The van der Waals surface area contributed by atoms with Gasteiger partial charge in [0.25, 0.3) is 0 Å². The first-order valence-electron chi connectivity index (χ1n) is 8.63. The van der Waals surface area contributed by atoms with Crippen LogP contribution in [0.15, 0.2) is 0 Å². The highest BCUT2D eigenvalue weighted by molar-refractivity contribution is 7.99. The fraction of sp³-hybridized carbons (Fsp3) is 0.941. The Hall–Kier alpha value is -0.180. The molecule has 0 N–H and O–H groups in total. The minimum absolute atomic E-state index is 0.0125. The molecule has 118 valence electrons. The molecule has 1 aliphatic heterocycles. The van der Waals surface area contributed by atoms with Crippen molar-refractivity contribution in [3.63, 3.8) is 0 Å². The molecule has 1 rings (SSSR count). The van der Waals surface area contributed by atoms with Crippen LogP contribution in [0.1, 0.15) is 83.5 Å². The van der Waals surface area contributed by atoms with Crippen molar-refractivity contribution in [1.29, 1.82) is 0 Å². The molecule has 0 aromatic carbocycles. The van der Waals surface area contributed by atoms with E-state index < -0.39 is 0 Å². The molecule has 0 aromatic rings. The van der Waals surface area contributed by atoms with Gasteiger partial charge < -0.3 is 4.74 Å². The molecule has 2 nitrogen and oxygen atoms in total. The van der Waals surface area contributed by atoms with Gasteiger partial charge in [0.2, 0.25) is 0 Å². The predicted molar refractivity (Wildman–Crippen MR) is 88.3 cm³/mol. The summed E-state index contributed by atoms with van der Waals surface area (Å²) in [4.78, 5) is 11.5. The molecule has 1 fully saturated rings. The lowest BCUT2D eigenvalue weighted by Gasteiger charge is -2.05. The Labute approximate surface area is 129 Å². The van der Waals surface area contributed by atoms with Crippen LogP contribution >= 0.6 is 11.8 Å². The summed E-state index contributed by atoms with van der Waals surface area (Å²) in [6.45, 7) is 0.631. The van der Waals surface area contributed by atoms with Gasteiger partial charge in [-0.05, 0) is 37.2 Å². The first-order valence-corrected chi connectivity index (χ1v) is 9.78. The Balaban J connectivity index is 2.10. The molecule has 0 bridgehead atoms. The fourth-order valence-corrected chi connectivity index (χ4v) is 3.57. The van der Waals surface area contributed by atoms with E-state index in [0.29, 0.717) is 13.0 Å². The van der Waals surface area contributed by atoms with Gasteiger partial charge in [-0.15, -0.1) is 0 Å². The van der Waals surface area contributed by atoms with E-state index in [-0.39, 0.29) is 5.97 Å². The molecule has 20 heavy (non-hydrogen) atoms. The number of cyclic esters (lactones) is 1. The van der Waals surface area contributed by atoms with Crippen molar-refractivity contribution in [1.82, 2.24) is 0 Å². The van der Waals surface area contributed by atoms with Crippen molar-refractivity contribution in [2.75, 3.05) is 18.1 Å². The minimum Gasteiger partial charge on any atom is -0.466 e. The highest BCUT2D eigenvalue weighted by Crippen LogP contribution is 2.14. The van der Waals surface area contributed by atoms with E-state index in [9.17, 15) is 4.79 Å². The summed E-state index contributed by atoms with van der Waals surface area (Å²) in [5.74, 6) is 2.66. The molecule has 3 heteroatoms. The summed E-state index contributed by atoms with van der Waals surface area (Å²) in [5, 5.41) is 0. The molecule has 0 aliphatic carbocycles. The Morgan fingerprint density at radius 1 is 0.650 bits per heavy atom. The van der Waals surface area contributed by atoms with Crippen LogP contribution in [0.5, 0.6) is 0 Å². The highest BCUT2D eigenvalue weighted by Gasteiger charge is 2.02. The Bertz CT molecular complexity index is 209. The normalized spacial score (nSPS) is 23.1. The average molecular weight is 301 g/mol. The van der Waals surface area contributed by atoms with E-state index in [4.69, 9.17) is 4.74 Å². The van der Waals surface area contributed by atoms with Crippen molar-refractivity contribution in [3.8, 4) is 0 Å². The number of carbonyl (C=O) groups is 1. The van der Waals surface area contributed by atoms with Gasteiger partial charge in [0.1, 0.15) is 0 Å². The molecule has 1 aliphatic rings. The van der Waals surface area contributed by atoms with Gasteiger partial charge in [-0.1, -0.05) is 51.4 Å². The van der Waals surface area contributed by atoms with E-state index in [1.807, 2.05) is 0 Å². The molecular weight excluding hydrogens is 268 g/mol. The second-order valence-corrected chi connectivity index (χ2v) is 7.05. The Kier molecular flexibility index (Phi) is 12.3. The van der Waals surface area contributed by atoms with Crippen LogP contribution in [-0.2, 0) is 9.53 Å². The number of hydrogen-bond acceptors (Lipinski definition) is 3. The largest absolute Gasteiger partial charge is 0.466 e. The quantitative estimate of drug-likeness (QED) is 0.564. The maximum atomic E-state index is 11.5. The highest BCUT2D eigenvalue weighted by atomic mass is 32.2. The van der Waals surface area contributed by atoms with Crippen LogP contribution in [0.2, 0.25) is 0 Å². The molecule has 0 unspecified atom stereocenters. The van der Waals surface area contributed by atoms with E-state index in [0.717, 1.165) is 12.8 Å². The lowest BCUT2D eigenvalue weighted by atomic mass is 10.1. The van der Waals surface area contributed by atoms with E-state index >= 15 is 0 Å². The van der Waals surface area contributed by atoms with Crippen molar-refractivity contribution in [3.05, 3.63) is 0 Å². The summed E-state index contributed by atoms with van der Waals surface area (Å²) >= 11 is 2.11. The monoisotopic (exact) mass is 300 g/mol. The van der Waals surface area contributed by atoms with Gasteiger partial charge in [0, 0.05) is 6.42 Å². The molecule has 0 aromatic heterocycles. The summed E-state index contributed by atoms with van der Waals surface area (Å²) in [7, 11) is 0. The van der Waals surface area contributed by atoms with Gasteiger partial charge >= 0.3 is 5.97 Å². The predicted octanol–water partition coefficient (Wildman–Crippen LogP) is 5.35. The van der Waals surface area contributed by atoms with Gasteiger partial charge in [-0.25, -0.2) is 0 Å². The van der Waals surface area contributed by atoms with Crippen LogP contribution in [0.3, 0.4) is 0 Å². The Morgan fingerprint density at radius 2 is 1.15 bits per heavy atom. The topological polar surface area (TPSA) is 26.3 Å². The van der Waals surface area contributed by atoms with E-state index in [1.165, 1.54) is 75.7 Å². The number of thioether (sulfide) groups is 1. The summed E-state index contributed by atoms with van der Waals surface area (Å²) in [6.07, 6.45) is 15.8. The van der Waals surface area contributed by atoms with Crippen molar-refractivity contribution in [2.24, 2.45) is 0 Å². The summed E-state index contributed by atoms with van der Waals surface area (Å²) < 4.78 is 5.26. The van der Waals surface area contributed by atoms with Crippen LogP contribution < -0.4 is 0 Å². The second kappa shape index (κ2) is 13.8. The fourth-order valence-electron chi connectivity index (χ4n) is 2.55. The van der Waals surface area contributed by atoms with Crippen molar-refractivity contribution in [2.45, 2.75) is 83.5 Å². The smallest absolute Gasteiger partial charge is 0.305 e. The number of hydrogen-bond donors (Lipinski definition) is 0. The van der Waals surface area contributed by atoms with Gasteiger partial charge in [-0.3, -0.25) is 4.79 Å². The van der Waals surface area contributed by atoms with Crippen molar-refractivity contribution >= 4 is 17.7 Å². The number of ether oxygens (including phenoxy) is 1. The first kappa shape index (κ1) is 17.9. The number of carbonyl (C=O) groups excluding carboxylic acids is 1. The SMILES string of the molecule is O=C1CCCCCCCCCCSCCCCCCO1. The zero-order valence-electron chi connectivity index (χ0n) is 13.0. The van der Waals surface area contributed by atoms with Gasteiger partial charge in [0.05, 0.1) is 6.61 Å². The molecule has 0 atom stereocenters. The molecule has 1 heterocycles. The van der Waals surface area contributed by atoms with Gasteiger partial charge in [0.15, 0.2) is 0 Å². The van der Waals surface area contributed by atoms with Crippen LogP contribution in [0.25, 0.3) is 0 Å². The summed E-state index contributed by atoms with van der Waals surface area (Å²) in [6, 6.07) is 0. The number of rotatable bonds is 0. The lowest BCUT2D eigenvalue weighted by molar-refractivity contribution is -0.143. The third kappa shape index (κ3) is 11.6. The van der Waals surface area contributed by atoms with Crippen LogP contribution in [-0.4, -0.2) is 24.1 Å².